The van der Waals surface area contributed by atoms with Crippen molar-refractivity contribution in [3.8, 4) is 0 Å². The molecule has 1 atom stereocenters. The normalized spacial score (nSPS) is 20.4. The molecule has 1 saturated heterocycles. The van der Waals surface area contributed by atoms with Crippen molar-refractivity contribution < 1.29 is 18.3 Å². The highest BCUT2D eigenvalue weighted by Gasteiger charge is 2.44. The Morgan fingerprint density at radius 2 is 1.92 bits per heavy atom. The van der Waals surface area contributed by atoms with Crippen molar-refractivity contribution in [2.24, 2.45) is 11.3 Å². The van der Waals surface area contributed by atoms with E-state index in [-0.39, 0.29) is 11.7 Å². The fourth-order valence-electron chi connectivity index (χ4n) is 5.95. The molecular formula is C28H35N5O4S. The number of aliphatic hydroxyl groups excluding tert-OH is 1. The number of nitrogens with one attached hydrogen (secondary N) is 2. The molecule has 0 radical (unpaired) electrons. The van der Waals surface area contributed by atoms with E-state index in [9.17, 15) is 13.2 Å². The molecule has 2 aromatic carbocycles. The van der Waals surface area contributed by atoms with Crippen LogP contribution < -0.4 is 14.9 Å². The van der Waals surface area contributed by atoms with E-state index in [4.69, 9.17) is 10.1 Å². The quantitative estimate of drug-likeness (QED) is 0.420. The van der Waals surface area contributed by atoms with E-state index in [0.717, 1.165) is 62.2 Å². The Kier molecular flexibility index (Phi) is 6.34. The van der Waals surface area contributed by atoms with Crippen LogP contribution in [0.2, 0.25) is 0 Å². The van der Waals surface area contributed by atoms with Gasteiger partial charge in [0.15, 0.2) is 0 Å². The lowest BCUT2D eigenvalue weighted by molar-refractivity contribution is 0.102. The first-order chi connectivity index (χ1) is 18.3. The third kappa shape index (κ3) is 4.87. The van der Waals surface area contributed by atoms with Gasteiger partial charge in [-0.25, -0.2) is 13.4 Å². The molecule has 1 amide bonds. The molecule has 3 N–H and O–H groups in total. The van der Waals surface area contributed by atoms with Crippen LogP contribution in [0, 0.1) is 11.3 Å². The highest BCUT2D eigenvalue weighted by Crippen LogP contribution is 2.54. The zero-order chi connectivity index (χ0) is 26.5. The third-order valence-corrected chi connectivity index (χ3v) is 9.75. The van der Waals surface area contributed by atoms with Crippen LogP contribution in [0.15, 0.2) is 36.4 Å². The van der Waals surface area contributed by atoms with Gasteiger partial charge in [-0.1, -0.05) is 13.0 Å². The molecule has 3 aromatic rings. The Hall–Kier alpha value is -3.11. The van der Waals surface area contributed by atoms with E-state index in [0.29, 0.717) is 34.0 Å². The van der Waals surface area contributed by atoms with Crippen LogP contribution >= 0.6 is 0 Å². The summed E-state index contributed by atoms with van der Waals surface area (Å²) in [5.41, 5.74) is 4.57. The van der Waals surface area contributed by atoms with Gasteiger partial charge in [-0.05, 0) is 73.8 Å². The van der Waals surface area contributed by atoms with Gasteiger partial charge in [0.25, 0.3) is 5.91 Å². The molecule has 3 heterocycles. The second-order valence-corrected chi connectivity index (χ2v) is 13.1. The number of hydrogen-bond donors (Lipinski definition) is 3. The van der Waals surface area contributed by atoms with Crippen molar-refractivity contribution in [2.45, 2.75) is 52.0 Å². The number of benzene rings is 2. The van der Waals surface area contributed by atoms with Gasteiger partial charge in [0, 0.05) is 26.1 Å². The van der Waals surface area contributed by atoms with Crippen molar-refractivity contribution in [2.75, 3.05) is 40.4 Å². The summed E-state index contributed by atoms with van der Waals surface area (Å²) in [5.74, 6) is 1.02. The number of amides is 1. The Bertz CT molecular complexity index is 1480. The molecule has 2 fully saturated rings. The zero-order valence-corrected chi connectivity index (χ0v) is 22.6. The second kappa shape index (κ2) is 9.57. The van der Waals surface area contributed by atoms with Crippen LogP contribution in [0.3, 0.4) is 0 Å². The van der Waals surface area contributed by atoms with E-state index in [1.165, 1.54) is 12.8 Å². The highest BCUT2D eigenvalue weighted by atomic mass is 32.2. The van der Waals surface area contributed by atoms with Gasteiger partial charge in [-0.2, -0.15) is 0 Å². The maximum absolute atomic E-state index is 13.7. The number of anilines is 3. The number of aromatic nitrogens is 2. The third-order valence-electron chi connectivity index (χ3n) is 8.48. The average Bonchev–Trinajstić information content (AvgIpc) is 3.53. The summed E-state index contributed by atoms with van der Waals surface area (Å²) in [6.07, 6.45) is 6.73. The summed E-state index contributed by atoms with van der Waals surface area (Å²) >= 11 is 0. The molecule has 38 heavy (non-hydrogen) atoms. The average molecular weight is 538 g/mol. The van der Waals surface area contributed by atoms with E-state index in [1.54, 1.807) is 18.2 Å². The Balaban J connectivity index is 1.32. The number of carbonyl (C=O) groups excluding carboxylic acids is 1. The summed E-state index contributed by atoms with van der Waals surface area (Å²) in [5, 5.41) is 12.2. The van der Waals surface area contributed by atoms with Gasteiger partial charge in [0.1, 0.15) is 11.3 Å². The van der Waals surface area contributed by atoms with E-state index >= 15 is 0 Å². The minimum Gasteiger partial charge on any atom is -0.395 e. The van der Waals surface area contributed by atoms with E-state index in [1.807, 2.05) is 12.1 Å². The summed E-state index contributed by atoms with van der Waals surface area (Å²) in [7, 11) is -3.68. The standard InChI is InChI=1S/C28H35N5O4S/c1-19-7-12-33-23-4-2-3-22(26(23)30-25(33)17-19)29-27(35)21-6-5-20(31-38(36,37)16-15-34)18-24(21)32-13-10-28(8-9-28)11-14-32/h2-6,18-19,31,34H,7-17H2,1H3,(H,29,35). The molecule has 1 unspecified atom stereocenters. The van der Waals surface area contributed by atoms with E-state index in [2.05, 4.69) is 32.5 Å². The van der Waals surface area contributed by atoms with Crippen LogP contribution in [0.5, 0.6) is 0 Å². The molecule has 1 aliphatic carbocycles. The molecule has 3 aliphatic rings. The van der Waals surface area contributed by atoms with Gasteiger partial charge in [0.2, 0.25) is 10.0 Å². The second-order valence-electron chi connectivity index (χ2n) is 11.3. The van der Waals surface area contributed by atoms with Crippen molar-refractivity contribution in [3.63, 3.8) is 0 Å². The van der Waals surface area contributed by atoms with Crippen LogP contribution in [-0.4, -0.2) is 54.4 Å². The van der Waals surface area contributed by atoms with E-state index < -0.39 is 16.6 Å². The fraction of sp³-hybridized carbons (Fsp3) is 0.500. The summed E-state index contributed by atoms with van der Waals surface area (Å²) in [4.78, 5) is 20.8. The number of aliphatic hydroxyl groups is 1. The lowest BCUT2D eigenvalue weighted by Gasteiger charge is -2.35. The summed E-state index contributed by atoms with van der Waals surface area (Å²) in [6, 6.07) is 10.9. The molecule has 9 nitrogen and oxygen atoms in total. The van der Waals surface area contributed by atoms with Crippen molar-refractivity contribution in [1.29, 1.82) is 0 Å². The smallest absolute Gasteiger partial charge is 0.257 e. The molecule has 1 aromatic heterocycles. The van der Waals surface area contributed by atoms with Crippen LogP contribution in [-0.2, 0) is 23.0 Å². The molecule has 2 aliphatic heterocycles. The topological polar surface area (TPSA) is 117 Å². The molecule has 10 heteroatoms. The number of para-hydroxylation sites is 1. The van der Waals surface area contributed by atoms with Crippen molar-refractivity contribution >= 4 is 44.0 Å². The van der Waals surface area contributed by atoms with Gasteiger partial charge in [-0.3, -0.25) is 9.52 Å². The molecule has 6 rings (SSSR count). The number of rotatable bonds is 7. The largest absolute Gasteiger partial charge is 0.395 e. The predicted molar refractivity (Wildman–Crippen MR) is 149 cm³/mol. The zero-order valence-electron chi connectivity index (χ0n) is 21.7. The minimum absolute atomic E-state index is 0.247. The van der Waals surface area contributed by atoms with Gasteiger partial charge in [-0.15, -0.1) is 0 Å². The minimum atomic E-state index is -3.68. The Labute approximate surface area is 223 Å². The summed E-state index contributed by atoms with van der Waals surface area (Å²) < 4.78 is 29.4. The maximum atomic E-state index is 13.7. The SMILES string of the molecule is CC1CCn2c(nc3c(NC(=O)c4ccc(NS(=O)(=O)CCO)cc4N4CCC5(CC4)CC5)cccc32)C1. The Morgan fingerprint density at radius 1 is 1.13 bits per heavy atom. The monoisotopic (exact) mass is 537 g/mol. The molecular weight excluding hydrogens is 502 g/mol. The number of piperidine rings is 1. The van der Waals surface area contributed by atoms with Crippen LogP contribution in [0.1, 0.15) is 55.2 Å². The number of sulfonamides is 1. The summed E-state index contributed by atoms with van der Waals surface area (Å²) in [6.45, 7) is 4.37. The van der Waals surface area contributed by atoms with Gasteiger partial charge >= 0.3 is 0 Å². The van der Waals surface area contributed by atoms with Crippen LogP contribution in [0.25, 0.3) is 11.0 Å². The number of aryl methyl sites for hydroxylation is 1. The lowest BCUT2D eigenvalue weighted by atomic mass is 9.93. The number of fused-ring (bicyclic) bond motifs is 3. The number of hydrogen-bond acceptors (Lipinski definition) is 6. The lowest BCUT2D eigenvalue weighted by Crippen LogP contribution is -2.35. The first-order valence-electron chi connectivity index (χ1n) is 13.6. The Morgan fingerprint density at radius 3 is 2.66 bits per heavy atom. The fourth-order valence-corrected chi connectivity index (χ4v) is 6.78. The highest BCUT2D eigenvalue weighted by molar-refractivity contribution is 7.92. The van der Waals surface area contributed by atoms with Crippen LogP contribution in [0.4, 0.5) is 17.1 Å². The first-order valence-corrected chi connectivity index (χ1v) is 15.2. The van der Waals surface area contributed by atoms with Crippen molar-refractivity contribution in [1.82, 2.24) is 9.55 Å². The number of nitrogens with zero attached hydrogens (tertiary/aromatic N) is 3. The van der Waals surface area contributed by atoms with Crippen molar-refractivity contribution in [3.05, 3.63) is 47.8 Å². The maximum Gasteiger partial charge on any atom is 0.257 e. The molecule has 1 saturated carbocycles. The van der Waals surface area contributed by atoms with Gasteiger partial charge in [0.05, 0.1) is 40.5 Å². The predicted octanol–water partition coefficient (Wildman–Crippen LogP) is 3.99. The number of carbonyl (C=O) groups is 1. The number of imidazole rings is 1. The van der Waals surface area contributed by atoms with Gasteiger partial charge < -0.3 is 19.9 Å². The molecule has 202 valence electrons. The molecule has 1 spiro atoms. The first kappa shape index (κ1) is 25.2. The molecule has 0 bridgehead atoms.